The average Bonchev–Trinajstić information content (AvgIpc) is 3.07. The lowest BCUT2D eigenvalue weighted by Gasteiger charge is -2.15. The molecule has 2 N–H and O–H groups in total. The first-order chi connectivity index (χ1) is 14.1. The zero-order valence-corrected chi connectivity index (χ0v) is 17.6. The topological polar surface area (TPSA) is 63.5 Å². The van der Waals surface area contributed by atoms with Gasteiger partial charge in [-0.25, -0.2) is 4.68 Å². The highest BCUT2D eigenvalue weighted by Gasteiger charge is 2.09. The molecular formula is C23H29N5O. The van der Waals surface area contributed by atoms with E-state index in [0.29, 0.717) is 19.7 Å². The first kappa shape index (κ1) is 20.6. The minimum atomic E-state index is 0.615. The predicted molar refractivity (Wildman–Crippen MR) is 117 cm³/mol. The Morgan fingerprint density at radius 3 is 2.48 bits per heavy atom. The number of aromatic nitrogens is 2. The summed E-state index contributed by atoms with van der Waals surface area (Å²) in [4.78, 5) is 4.35. The molecule has 0 aliphatic heterocycles. The van der Waals surface area contributed by atoms with Crippen LogP contribution in [0.25, 0.3) is 5.69 Å². The van der Waals surface area contributed by atoms with Gasteiger partial charge in [-0.2, -0.15) is 5.10 Å². The minimum absolute atomic E-state index is 0.615. The van der Waals surface area contributed by atoms with Gasteiger partial charge in [-0.15, -0.1) is 0 Å². The van der Waals surface area contributed by atoms with Crippen LogP contribution in [0.1, 0.15) is 28.1 Å². The van der Waals surface area contributed by atoms with Gasteiger partial charge in [0, 0.05) is 32.9 Å². The first-order valence-corrected chi connectivity index (χ1v) is 9.73. The Balaban J connectivity index is 1.65. The number of rotatable bonds is 7. The van der Waals surface area contributed by atoms with Crippen LogP contribution in [0.5, 0.6) is 0 Å². The molecule has 0 aliphatic carbocycles. The lowest BCUT2D eigenvalue weighted by molar-refractivity contribution is 0.185. The number of guanidine groups is 1. The molecule has 152 valence electrons. The molecule has 3 aromatic rings. The van der Waals surface area contributed by atoms with Crippen LogP contribution in [-0.4, -0.2) is 29.9 Å². The Bertz CT molecular complexity index is 977. The second-order valence-corrected chi connectivity index (χ2v) is 7.00. The lowest BCUT2D eigenvalue weighted by atomic mass is 10.1. The quantitative estimate of drug-likeness (QED) is 0.478. The summed E-state index contributed by atoms with van der Waals surface area (Å²) in [6.07, 6.45) is 0. The summed E-state index contributed by atoms with van der Waals surface area (Å²) < 4.78 is 7.20. The van der Waals surface area contributed by atoms with Crippen LogP contribution in [0.4, 0.5) is 0 Å². The van der Waals surface area contributed by atoms with Crippen molar-refractivity contribution in [3.05, 3.63) is 82.7 Å². The van der Waals surface area contributed by atoms with Crippen LogP contribution < -0.4 is 10.6 Å². The zero-order valence-electron chi connectivity index (χ0n) is 17.6. The molecule has 6 nitrogen and oxygen atoms in total. The first-order valence-electron chi connectivity index (χ1n) is 9.73. The molecule has 29 heavy (non-hydrogen) atoms. The van der Waals surface area contributed by atoms with Gasteiger partial charge in [0.05, 0.1) is 18.0 Å². The third-order valence-corrected chi connectivity index (χ3v) is 4.66. The van der Waals surface area contributed by atoms with Crippen molar-refractivity contribution in [1.29, 1.82) is 0 Å². The van der Waals surface area contributed by atoms with Crippen molar-refractivity contribution in [1.82, 2.24) is 20.4 Å². The summed E-state index contributed by atoms with van der Waals surface area (Å²) in [7, 11) is 3.49. The van der Waals surface area contributed by atoms with E-state index in [9.17, 15) is 0 Å². The van der Waals surface area contributed by atoms with E-state index in [1.54, 1.807) is 14.2 Å². The van der Waals surface area contributed by atoms with Gasteiger partial charge in [0.15, 0.2) is 5.96 Å². The van der Waals surface area contributed by atoms with Gasteiger partial charge in [-0.1, -0.05) is 42.5 Å². The van der Waals surface area contributed by atoms with Gasteiger partial charge in [-0.3, -0.25) is 4.99 Å². The number of hydrogen-bond donors (Lipinski definition) is 2. The van der Waals surface area contributed by atoms with Gasteiger partial charge >= 0.3 is 0 Å². The molecular weight excluding hydrogens is 362 g/mol. The molecule has 0 saturated heterocycles. The van der Waals surface area contributed by atoms with E-state index in [2.05, 4.69) is 64.0 Å². The van der Waals surface area contributed by atoms with Crippen LogP contribution in [-0.2, 0) is 24.4 Å². The minimum Gasteiger partial charge on any atom is -0.380 e. The van der Waals surface area contributed by atoms with E-state index in [1.807, 2.05) is 29.8 Å². The maximum Gasteiger partial charge on any atom is 0.191 e. The number of methoxy groups -OCH3 is 1. The maximum absolute atomic E-state index is 5.21. The Kier molecular flexibility index (Phi) is 7.03. The van der Waals surface area contributed by atoms with Crippen molar-refractivity contribution >= 4 is 5.96 Å². The van der Waals surface area contributed by atoms with Crippen molar-refractivity contribution < 1.29 is 4.74 Å². The molecule has 0 bridgehead atoms. The van der Waals surface area contributed by atoms with Crippen molar-refractivity contribution in [2.45, 2.75) is 33.5 Å². The number of benzene rings is 2. The van der Waals surface area contributed by atoms with Gasteiger partial charge < -0.3 is 15.4 Å². The van der Waals surface area contributed by atoms with E-state index >= 15 is 0 Å². The van der Waals surface area contributed by atoms with E-state index in [0.717, 1.165) is 34.2 Å². The van der Waals surface area contributed by atoms with Crippen molar-refractivity contribution in [2.75, 3.05) is 14.2 Å². The summed E-state index contributed by atoms with van der Waals surface area (Å²) in [5.74, 6) is 0.755. The molecule has 6 heteroatoms. The van der Waals surface area contributed by atoms with Crippen LogP contribution in [0.15, 0.2) is 59.6 Å². The van der Waals surface area contributed by atoms with Crippen LogP contribution in [0, 0.1) is 13.8 Å². The molecule has 1 aromatic heterocycles. The maximum atomic E-state index is 5.21. The molecule has 0 fully saturated rings. The third-order valence-electron chi connectivity index (χ3n) is 4.66. The second-order valence-electron chi connectivity index (χ2n) is 7.00. The number of aliphatic imine (C=N–C) groups is 1. The SMILES string of the molecule is CN=C(NCc1cccc(COC)c1)NCc1ccccc1-n1nc(C)cc1C. The molecule has 0 aliphatic rings. The summed E-state index contributed by atoms with van der Waals surface area (Å²) >= 11 is 0. The number of aryl methyl sites for hydroxylation is 2. The zero-order chi connectivity index (χ0) is 20.6. The van der Waals surface area contributed by atoms with Crippen molar-refractivity contribution in [2.24, 2.45) is 4.99 Å². The van der Waals surface area contributed by atoms with Crippen LogP contribution >= 0.6 is 0 Å². The van der Waals surface area contributed by atoms with E-state index in [1.165, 1.54) is 5.56 Å². The fraction of sp³-hybridized carbons (Fsp3) is 0.304. The molecule has 3 rings (SSSR count). The highest BCUT2D eigenvalue weighted by atomic mass is 16.5. The molecule has 0 atom stereocenters. The largest absolute Gasteiger partial charge is 0.380 e. The molecule has 0 radical (unpaired) electrons. The number of para-hydroxylation sites is 1. The number of ether oxygens (including phenoxy) is 1. The van der Waals surface area contributed by atoms with Gasteiger partial charge in [0.1, 0.15) is 0 Å². The Morgan fingerprint density at radius 1 is 1.00 bits per heavy atom. The summed E-state index contributed by atoms with van der Waals surface area (Å²) in [6, 6.07) is 18.7. The molecule has 2 aromatic carbocycles. The molecule has 0 unspecified atom stereocenters. The molecule has 1 heterocycles. The fourth-order valence-corrected chi connectivity index (χ4v) is 3.32. The van der Waals surface area contributed by atoms with E-state index in [4.69, 9.17) is 4.74 Å². The number of nitrogens with zero attached hydrogens (tertiary/aromatic N) is 3. The normalized spacial score (nSPS) is 11.5. The summed E-state index contributed by atoms with van der Waals surface area (Å²) in [5.41, 5.74) is 6.71. The third kappa shape index (κ3) is 5.45. The van der Waals surface area contributed by atoms with E-state index in [-0.39, 0.29) is 0 Å². The lowest BCUT2D eigenvalue weighted by Crippen LogP contribution is -2.36. The smallest absolute Gasteiger partial charge is 0.191 e. The Labute approximate surface area is 172 Å². The Morgan fingerprint density at radius 2 is 1.76 bits per heavy atom. The van der Waals surface area contributed by atoms with Gasteiger partial charge in [0.2, 0.25) is 0 Å². The van der Waals surface area contributed by atoms with Crippen molar-refractivity contribution in [3.8, 4) is 5.69 Å². The van der Waals surface area contributed by atoms with Crippen LogP contribution in [0.3, 0.4) is 0 Å². The van der Waals surface area contributed by atoms with Gasteiger partial charge in [-0.05, 0) is 42.7 Å². The molecule has 0 amide bonds. The van der Waals surface area contributed by atoms with Crippen molar-refractivity contribution in [3.63, 3.8) is 0 Å². The summed E-state index contributed by atoms with van der Waals surface area (Å²) in [6.45, 7) is 6.04. The number of nitrogens with one attached hydrogen (secondary N) is 2. The van der Waals surface area contributed by atoms with E-state index < -0.39 is 0 Å². The molecule has 0 spiro atoms. The monoisotopic (exact) mass is 391 g/mol. The fourth-order valence-electron chi connectivity index (χ4n) is 3.32. The predicted octanol–water partition coefficient (Wildman–Crippen LogP) is 3.50. The Hall–Kier alpha value is -3.12. The molecule has 0 saturated carbocycles. The van der Waals surface area contributed by atoms with Crippen LogP contribution in [0.2, 0.25) is 0 Å². The van der Waals surface area contributed by atoms with Gasteiger partial charge in [0.25, 0.3) is 0 Å². The average molecular weight is 392 g/mol. The summed E-state index contributed by atoms with van der Waals surface area (Å²) in [5, 5.41) is 11.4. The second kappa shape index (κ2) is 9.89. The highest BCUT2D eigenvalue weighted by Crippen LogP contribution is 2.17. The standard InChI is InChI=1S/C23H29N5O/c1-17-12-18(2)28(27-17)22-11-6-5-10-21(22)15-26-23(24-3)25-14-19-8-7-9-20(13-19)16-29-4/h5-13H,14-16H2,1-4H3,(H2,24,25,26). The number of hydrogen-bond acceptors (Lipinski definition) is 3. The highest BCUT2D eigenvalue weighted by molar-refractivity contribution is 5.79.